The largest absolute Gasteiger partial charge is 0.368 e. The van der Waals surface area contributed by atoms with E-state index in [0.717, 1.165) is 30.0 Å². The van der Waals surface area contributed by atoms with E-state index in [-0.39, 0.29) is 18.4 Å². The third-order valence-electron chi connectivity index (χ3n) is 4.79. The van der Waals surface area contributed by atoms with Gasteiger partial charge in [0.15, 0.2) is 0 Å². The first-order valence-corrected chi connectivity index (χ1v) is 9.45. The number of aryl methyl sites for hydroxylation is 1. The molecule has 1 saturated heterocycles. The lowest BCUT2D eigenvalue weighted by Gasteiger charge is -2.37. The summed E-state index contributed by atoms with van der Waals surface area (Å²) in [6.07, 6.45) is 0. The molecule has 1 aliphatic rings. The van der Waals surface area contributed by atoms with Crippen molar-refractivity contribution in [3.05, 3.63) is 59.1 Å². The molecule has 2 aromatic carbocycles. The molecule has 0 spiro atoms. The number of hydrogen-bond donors (Lipinski definition) is 0. The van der Waals surface area contributed by atoms with Gasteiger partial charge in [-0.2, -0.15) is 0 Å². The summed E-state index contributed by atoms with van der Waals surface area (Å²) in [5.41, 5.74) is 2.88. The van der Waals surface area contributed by atoms with Gasteiger partial charge in [-0.25, -0.2) is 0 Å². The molecule has 6 heteroatoms. The van der Waals surface area contributed by atoms with E-state index in [1.165, 1.54) is 6.92 Å². The number of benzene rings is 2. The van der Waals surface area contributed by atoms with Crippen LogP contribution in [0, 0.1) is 6.92 Å². The van der Waals surface area contributed by atoms with Crippen LogP contribution >= 0.6 is 11.6 Å². The number of piperazine rings is 1. The van der Waals surface area contributed by atoms with E-state index in [9.17, 15) is 9.59 Å². The molecular weight excluding hydrogens is 362 g/mol. The zero-order valence-electron chi connectivity index (χ0n) is 15.7. The van der Waals surface area contributed by atoms with E-state index < -0.39 is 0 Å². The minimum absolute atomic E-state index is 0.0301. The summed E-state index contributed by atoms with van der Waals surface area (Å²) in [4.78, 5) is 30.4. The second-order valence-corrected chi connectivity index (χ2v) is 7.23. The number of carbonyl (C=O) groups is 2. The fourth-order valence-corrected chi connectivity index (χ4v) is 3.49. The van der Waals surface area contributed by atoms with Crippen molar-refractivity contribution in [1.29, 1.82) is 0 Å². The molecule has 2 amide bonds. The second-order valence-electron chi connectivity index (χ2n) is 6.79. The zero-order chi connectivity index (χ0) is 19.4. The molecule has 27 heavy (non-hydrogen) atoms. The van der Waals surface area contributed by atoms with Gasteiger partial charge in [-0.1, -0.05) is 29.8 Å². The van der Waals surface area contributed by atoms with Crippen LogP contribution < -0.4 is 9.80 Å². The number of anilines is 2. The van der Waals surface area contributed by atoms with Crippen molar-refractivity contribution in [1.82, 2.24) is 4.90 Å². The topological polar surface area (TPSA) is 43.9 Å². The first kappa shape index (κ1) is 19.2. The van der Waals surface area contributed by atoms with Gasteiger partial charge in [-0.15, -0.1) is 0 Å². The van der Waals surface area contributed by atoms with Crippen LogP contribution in [0.3, 0.4) is 0 Å². The molecule has 0 aliphatic carbocycles. The molecular formula is C21H24ClN3O2. The molecule has 0 unspecified atom stereocenters. The van der Waals surface area contributed by atoms with Gasteiger partial charge < -0.3 is 14.7 Å². The van der Waals surface area contributed by atoms with Crippen LogP contribution in [0.15, 0.2) is 48.5 Å². The Morgan fingerprint density at radius 1 is 1.04 bits per heavy atom. The molecule has 142 valence electrons. The molecule has 5 nitrogen and oxygen atoms in total. The van der Waals surface area contributed by atoms with Crippen LogP contribution in [0.5, 0.6) is 0 Å². The standard InChI is InChI=1S/C21H24ClN3O2/c1-16-5-3-8-20(13-16)25(17(2)26)15-21(27)24-11-9-23(10-12-24)19-7-4-6-18(22)14-19/h3-8,13-14H,9-12,15H2,1-2H3. The number of halogens is 1. The third kappa shape index (κ3) is 4.80. The maximum Gasteiger partial charge on any atom is 0.242 e. The lowest BCUT2D eigenvalue weighted by atomic mass is 10.2. The van der Waals surface area contributed by atoms with Gasteiger partial charge in [0.1, 0.15) is 6.54 Å². The summed E-state index contributed by atoms with van der Waals surface area (Å²) in [5.74, 6) is -0.163. The van der Waals surface area contributed by atoms with Gasteiger partial charge in [0.25, 0.3) is 0 Å². The second kappa shape index (κ2) is 8.44. The van der Waals surface area contributed by atoms with Crippen LogP contribution in [0.1, 0.15) is 12.5 Å². The average molecular weight is 386 g/mol. The molecule has 0 atom stereocenters. The summed E-state index contributed by atoms with van der Waals surface area (Å²) in [6, 6.07) is 15.4. The average Bonchev–Trinajstić information content (AvgIpc) is 2.66. The molecule has 0 radical (unpaired) electrons. The van der Waals surface area contributed by atoms with E-state index >= 15 is 0 Å². The SMILES string of the molecule is CC(=O)N(CC(=O)N1CCN(c2cccc(Cl)c2)CC1)c1cccc(C)c1. The molecule has 2 aromatic rings. The minimum Gasteiger partial charge on any atom is -0.368 e. The fraction of sp³-hybridized carbons (Fsp3) is 0.333. The van der Waals surface area contributed by atoms with Crippen molar-refractivity contribution in [3.8, 4) is 0 Å². The van der Waals surface area contributed by atoms with Gasteiger partial charge in [0, 0.05) is 49.5 Å². The number of carbonyl (C=O) groups excluding carboxylic acids is 2. The predicted octanol–water partition coefficient (Wildman–Crippen LogP) is 3.35. The Labute approximate surface area is 165 Å². The van der Waals surface area contributed by atoms with E-state index in [0.29, 0.717) is 18.1 Å². The van der Waals surface area contributed by atoms with Crippen molar-refractivity contribution < 1.29 is 9.59 Å². The van der Waals surface area contributed by atoms with E-state index in [2.05, 4.69) is 4.90 Å². The van der Waals surface area contributed by atoms with Crippen LogP contribution in [0.2, 0.25) is 5.02 Å². The van der Waals surface area contributed by atoms with Crippen LogP contribution in [-0.4, -0.2) is 49.4 Å². The monoisotopic (exact) mass is 385 g/mol. The Kier molecular flexibility index (Phi) is 6.01. The van der Waals surface area contributed by atoms with Crippen LogP contribution in [0.25, 0.3) is 0 Å². The summed E-state index contributed by atoms with van der Waals surface area (Å²) in [7, 11) is 0. The number of rotatable bonds is 4. The maximum absolute atomic E-state index is 12.8. The van der Waals surface area contributed by atoms with Gasteiger partial charge in [0.05, 0.1) is 0 Å². The highest BCUT2D eigenvalue weighted by Gasteiger charge is 2.24. The lowest BCUT2D eigenvalue weighted by molar-refractivity contribution is -0.131. The Hall–Kier alpha value is -2.53. The highest BCUT2D eigenvalue weighted by Crippen LogP contribution is 2.21. The predicted molar refractivity (Wildman–Crippen MR) is 109 cm³/mol. The number of nitrogens with zero attached hydrogens (tertiary/aromatic N) is 3. The smallest absolute Gasteiger partial charge is 0.242 e. The normalized spacial score (nSPS) is 14.2. The highest BCUT2D eigenvalue weighted by atomic mass is 35.5. The highest BCUT2D eigenvalue weighted by molar-refractivity contribution is 6.30. The molecule has 0 bridgehead atoms. The van der Waals surface area contributed by atoms with Crippen LogP contribution in [-0.2, 0) is 9.59 Å². The number of hydrogen-bond acceptors (Lipinski definition) is 3. The molecule has 1 fully saturated rings. The maximum atomic E-state index is 12.8. The molecule has 0 saturated carbocycles. The van der Waals surface area contributed by atoms with E-state index in [1.54, 1.807) is 4.90 Å². The molecule has 0 N–H and O–H groups in total. The van der Waals surface area contributed by atoms with Crippen LogP contribution in [0.4, 0.5) is 11.4 Å². The Balaban J connectivity index is 1.62. The molecule has 3 rings (SSSR count). The summed E-state index contributed by atoms with van der Waals surface area (Å²) >= 11 is 6.07. The van der Waals surface area contributed by atoms with Crippen molar-refractivity contribution in [2.24, 2.45) is 0 Å². The van der Waals surface area contributed by atoms with Gasteiger partial charge in [0.2, 0.25) is 11.8 Å². The van der Waals surface area contributed by atoms with Gasteiger partial charge in [-0.3, -0.25) is 9.59 Å². The Morgan fingerprint density at radius 3 is 2.37 bits per heavy atom. The van der Waals surface area contributed by atoms with Gasteiger partial charge in [-0.05, 0) is 42.8 Å². The summed E-state index contributed by atoms with van der Waals surface area (Å²) in [6.45, 7) is 6.28. The zero-order valence-corrected chi connectivity index (χ0v) is 16.4. The van der Waals surface area contributed by atoms with E-state index in [4.69, 9.17) is 11.6 Å². The summed E-state index contributed by atoms with van der Waals surface area (Å²) in [5, 5.41) is 0.710. The van der Waals surface area contributed by atoms with Crippen molar-refractivity contribution in [2.45, 2.75) is 13.8 Å². The molecule has 1 heterocycles. The van der Waals surface area contributed by atoms with Crippen molar-refractivity contribution >= 4 is 34.8 Å². The fourth-order valence-electron chi connectivity index (χ4n) is 3.30. The summed E-state index contributed by atoms with van der Waals surface area (Å²) < 4.78 is 0. The Bertz CT molecular complexity index is 832. The van der Waals surface area contributed by atoms with Crippen molar-refractivity contribution in [2.75, 3.05) is 42.5 Å². The van der Waals surface area contributed by atoms with Crippen molar-refractivity contribution in [3.63, 3.8) is 0 Å². The first-order chi connectivity index (χ1) is 12.9. The molecule has 1 aliphatic heterocycles. The minimum atomic E-state index is -0.133. The van der Waals surface area contributed by atoms with Gasteiger partial charge >= 0.3 is 0 Å². The first-order valence-electron chi connectivity index (χ1n) is 9.07. The quantitative estimate of drug-likeness (QED) is 0.810. The lowest BCUT2D eigenvalue weighted by Crippen LogP contribution is -2.51. The van der Waals surface area contributed by atoms with E-state index in [1.807, 2.05) is 60.4 Å². The number of amides is 2. The third-order valence-corrected chi connectivity index (χ3v) is 5.03. The Morgan fingerprint density at radius 2 is 1.74 bits per heavy atom. The molecule has 0 aromatic heterocycles.